The van der Waals surface area contributed by atoms with Crippen LogP contribution in [0.15, 0.2) is 42.5 Å². The molecule has 0 aliphatic rings. The summed E-state index contributed by atoms with van der Waals surface area (Å²) < 4.78 is 18.1. The Labute approximate surface area is 109 Å². The van der Waals surface area contributed by atoms with Gasteiger partial charge in [0.1, 0.15) is 18.2 Å². The minimum atomic E-state index is -1.06. The topological polar surface area (TPSA) is 72.5 Å². The molecule has 0 amide bonds. The molecule has 3 N–H and O–H groups in total. The van der Waals surface area contributed by atoms with Gasteiger partial charge in [0.2, 0.25) is 0 Å². The van der Waals surface area contributed by atoms with Crippen LogP contribution in [0.1, 0.15) is 15.9 Å². The van der Waals surface area contributed by atoms with E-state index >= 15 is 0 Å². The van der Waals surface area contributed by atoms with E-state index in [1.165, 1.54) is 30.3 Å². The molecule has 0 aromatic heterocycles. The molecule has 98 valence electrons. The van der Waals surface area contributed by atoms with Gasteiger partial charge in [-0.15, -0.1) is 0 Å². The zero-order chi connectivity index (χ0) is 13.8. The maximum atomic E-state index is 12.7. The Hall–Kier alpha value is -2.56. The number of hydrogen-bond donors (Lipinski definition) is 2. The molecular weight excluding hydrogens is 249 g/mol. The summed E-state index contributed by atoms with van der Waals surface area (Å²) in [6.07, 6.45) is 0. The third-order valence-electron chi connectivity index (χ3n) is 2.57. The van der Waals surface area contributed by atoms with Gasteiger partial charge in [-0.2, -0.15) is 0 Å². The van der Waals surface area contributed by atoms with Crippen LogP contribution in [0.2, 0.25) is 0 Å². The molecule has 0 fully saturated rings. The van der Waals surface area contributed by atoms with Gasteiger partial charge in [-0.3, -0.25) is 0 Å². The summed E-state index contributed by atoms with van der Waals surface area (Å²) in [6, 6.07) is 10.1. The van der Waals surface area contributed by atoms with E-state index in [0.717, 1.165) is 0 Å². The van der Waals surface area contributed by atoms with Crippen LogP contribution in [0.5, 0.6) is 5.75 Å². The summed E-state index contributed by atoms with van der Waals surface area (Å²) in [5.41, 5.74) is 6.53. The third kappa shape index (κ3) is 3.22. The van der Waals surface area contributed by atoms with Gasteiger partial charge in [0.25, 0.3) is 0 Å². The summed E-state index contributed by atoms with van der Waals surface area (Å²) in [5, 5.41) is 9.06. The number of carboxylic acids is 1. The van der Waals surface area contributed by atoms with Gasteiger partial charge in [-0.05, 0) is 36.4 Å². The fraction of sp³-hybridized carbons (Fsp3) is 0.0714. The second kappa shape index (κ2) is 5.39. The first-order valence-electron chi connectivity index (χ1n) is 5.56. The Morgan fingerprint density at radius 3 is 2.53 bits per heavy atom. The van der Waals surface area contributed by atoms with Gasteiger partial charge in [0.15, 0.2) is 0 Å². The second-order valence-electron chi connectivity index (χ2n) is 3.96. The van der Waals surface area contributed by atoms with E-state index in [0.29, 0.717) is 17.0 Å². The molecule has 0 heterocycles. The van der Waals surface area contributed by atoms with E-state index in [9.17, 15) is 9.18 Å². The van der Waals surface area contributed by atoms with Gasteiger partial charge in [-0.25, -0.2) is 9.18 Å². The Bertz CT molecular complexity index is 596. The van der Waals surface area contributed by atoms with Crippen LogP contribution >= 0.6 is 0 Å². The van der Waals surface area contributed by atoms with Crippen molar-refractivity contribution in [2.45, 2.75) is 6.61 Å². The van der Waals surface area contributed by atoms with Crippen molar-refractivity contribution in [1.82, 2.24) is 0 Å². The number of nitrogens with two attached hydrogens (primary N) is 1. The van der Waals surface area contributed by atoms with Crippen molar-refractivity contribution in [3.8, 4) is 5.75 Å². The molecule has 4 nitrogen and oxygen atoms in total. The first-order valence-corrected chi connectivity index (χ1v) is 5.56. The smallest absolute Gasteiger partial charge is 0.336 e. The summed E-state index contributed by atoms with van der Waals surface area (Å²) in [6.45, 7) is 0.0769. The van der Waals surface area contributed by atoms with Crippen molar-refractivity contribution in [3.63, 3.8) is 0 Å². The lowest BCUT2D eigenvalue weighted by atomic mass is 10.1. The zero-order valence-corrected chi connectivity index (χ0v) is 9.97. The molecule has 0 aliphatic carbocycles. The van der Waals surface area contributed by atoms with Crippen molar-refractivity contribution >= 4 is 11.7 Å². The first-order chi connectivity index (χ1) is 9.06. The molecule has 5 heteroatoms. The normalized spacial score (nSPS) is 10.2. The predicted molar refractivity (Wildman–Crippen MR) is 68.5 cm³/mol. The van der Waals surface area contributed by atoms with Gasteiger partial charge >= 0.3 is 5.97 Å². The van der Waals surface area contributed by atoms with E-state index in [-0.39, 0.29) is 18.0 Å². The molecule has 0 saturated heterocycles. The molecule has 0 atom stereocenters. The number of rotatable bonds is 4. The van der Waals surface area contributed by atoms with Gasteiger partial charge in [0, 0.05) is 11.3 Å². The van der Waals surface area contributed by atoms with Crippen LogP contribution in [0.4, 0.5) is 10.1 Å². The lowest BCUT2D eigenvalue weighted by Gasteiger charge is -2.09. The standard InChI is InChI=1S/C14H12FNO3/c15-10-2-5-12(6-3-10)19-8-9-1-4-11(16)7-13(9)14(17)18/h1-7H,8,16H2,(H,17,18). The lowest BCUT2D eigenvalue weighted by Crippen LogP contribution is -2.06. The maximum Gasteiger partial charge on any atom is 0.336 e. The molecular formula is C14H12FNO3. The number of ether oxygens (including phenoxy) is 1. The lowest BCUT2D eigenvalue weighted by molar-refractivity contribution is 0.0694. The van der Waals surface area contributed by atoms with Crippen LogP contribution in [0, 0.1) is 5.82 Å². The highest BCUT2D eigenvalue weighted by Gasteiger charge is 2.10. The van der Waals surface area contributed by atoms with E-state index < -0.39 is 5.97 Å². The van der Waals surface area contributed by atoms with Crippen LogP contribution < -0.4 is 10.5 Å². The van der Waals surface area contributed by atoms with E-state index in [4.69, 9.17) is 15.6 Å². The molecule has 19 heavy (non-hydrogen) atoms. The van der Waals surface area contributed by atoms with Crippen molar-refractivity contribution < 1.29 is 19.0 Å². The van der Waals surface area contributed by atoms with Gasteiger partial charge in [0.05, 0.1) is 5.56 Å². The number of halogens is 1. The number of anilines is 1. The number of carbonyl (C=O) groups is 1. The highest BCUT2D eigenvalue weighted by atomic mass is 19.1. The maximum absolute atomic E-state index is 12.7. The number of hydrogen-bond acceptors (Lipinski definition) is 3. The third-order valence-corrected chi connectivity index (χ3v) is 2.57. The fourth-order valence-electron chi connectivity index (χ4n) is 1.61. The second-order valence-corrected chi connectivity index (χ2v) is 3.96. The summed E-state index contributed by atoms with van der Waals surface area (Å²) >= 11 is 0. The Morgan fingerprint density at radius 1 is 1.21 bits per heavy atom. The monoisotopic (exact) mass is 261 g/mol. The number of nitrogen functional groups attached to an aromatic ring is 1. The minimum Gasteiger partial charge on any atom is -0.489 e. The van der Waals surface area contributed by atoms with Crippen LogP contribution in [0.3, 0.4) is 0 Å². The van der Waals surface area contributed by atoms with Crippen LogP contribution in [-0.4, -0.2) is 11.1 Å². The highest BCUT2D eigenvalue weighted by molar-refractivity contribution is 5.90. The minimum absolute atomic E-state index is 0.0769. The molecule has 2 rings (SSSR count). The number of benzene rings is 2. The van der Waals surface area contributed by atoms with Crippen molar-refractivity contribution in [2.75, 3.05) is 5.73 Å². The van der Waals surface area contributed by atoms with Crippen molar-refractivity contribution in [2.24, 2.45) is 0 Å². The zero-order valence-electron chi connectivity index (χ0n) is 9.97. The molecule has 0 saturated carbocycles. The molecule has 0 unspecified atom stereocenters. The van der Waals surface area contributed by atoms with E-state index in [1.54, 1.807) is 12.1 Å². The Morgan fingerprint density at radius 2 is 1.89 bits per heavy atom. The molecule has 0 spiro atoms. The quantitative estimate of drug-likeness (QED) is 0.830. The Balaban J connectivity index is 2.15. The molecule has 0 radical (unpaired) electrons. The number of carboxylic acid groups (broad SMARTS) is 1. The van der Waals surface area contributed by atoms with Crippen LogP contribution in [0.25, 0.3) is 0 Å². The summed E-state index contributed by atoms with van der Waals surface area (Å²) in [7, 11) is 0. The largest absolute Gasteiger partial charge is 0.489 e. The molecule has 0 bridgehead atoms. The fourth-order valence-corrected chi connectivity index (χ4v) is 1.61. The molecule has 2 aromatic carbocycles. The van der Waals surface area contributed by atoms with E-state index in [1.807, 2.05) is 0 Å². The Kier molecular flexibility index (Phi) is 3.66. The summed E-state index contributed by atoms with van der Waals surface area (Å²) in [5.74, 6) is -0.953. The average Bonchev–Trinajstić information content (AvgIpc) is 2.39. The van der Waals surface area contributed by atoms with E-state index in [2.05, 4.69) is 0 Å². The van der Waals surface area contributed by atoms with Crippen molar-refractivity contribution in [1.29, 1.82) is 0 Å². The average molecular weight is 261 g/mol. The molecule has 0 aliphatic heterocycles. The highest BCUT2D eigenvalue weighted by Crippen LogP contribution is 2.18. The SMILES string of the molecule is Nc1ccc(COc2ccc(F)cc2)c(C(=O)O)c1. The van der Waals surface area contributed by atoms with Gasteiger partial charge < -0.3 is 15.6 Å². The summed E-state index contributed by atoms with van der Waals surface area (Å²) in [4.78, 5) is 11.1. The molecule has 2 aromatic rings. The van der Waals surface area contributed by atoms with Gasteiger partial charge in [-0.1, -0.05) is 6.07 Å². The number of aromatic carboxylic acids is 1. The first kappa shape index (κ1) is 12.9. The van der Waals surface area contributed by atoms with Crippen LogP contribution in [-0.2, 0) is 6.61 Å². The van der Waals surface area contributed by atoms with Crippen molar-refractivity contribution in [3.05, 3.63) is 59.4 Å². The predicted octanol–water partition coefficient (Wildman–Crippen LogP) is 2.69.